The summed E-state index contributed by atoms with van der Waals surface area (Å²) in [5.74, 6) is 5.31. The van der Waals surface area contributed by atoms with Crippen molar-refractivity contribution < 1.29 is 0 Å². The number of hydrogen-bond donors (Lipinski definition) is 0. The van der Waals surface area contributed by atoms with Gasteiger partial charge in [0.05, 0.1) is 0 Å². The van der Waals surface area contributed by atoms with Crippen LogP contribution in [0.25, 0.3) is 0 Å². The Morgan fingerprint density at radius 1 is 0.643 bits per heavy atom. The summed E-state index contributed by atoms with van der Waals surface area (Å²) in [6.45, 7) is 18.4. The SMILES string of the molecule is CC(B1C2CCCC1CCC2)C(B1C2CCCC1CCC2)[Si](C)(C)C(C)(C)C. The minimum absolute atomic E-state index is 0.529. The average Bonchev–Trinajstić information content (AvgIpc) is 2.59. The molecular weight excluding hydrogens is 350 g/mol. The lowest BCUT2D eigenvalue weighted by Crippen LogP contribution is -2.57. The third-order valence-electron chi connectivity index (χ3n) is 11.1. The smallest absolute Gasteiger partial charge is 0.0705 e. The molecule has 2 atom stereocenters. The van der Waals surface area contributed by atoms with Gasteiger partial charge in [-0.05, 0) is 5.04 Å². The largest absolute Gasteiger partial charge is 0.148 e. The molecule has 4 aliphatic rings. The Balaban J connectivity index is 1.71. The fraction of sp³-hybridized carbons (Fsp3) is 1.00. The van der Waals surface area contributed by atoms with Gasteiger partial charge in [-0.3, -0.25) is 0 Å². The second-order valence-corrected chi connectivity index (χ2v) is 18.9. The predicted octanol–water partition coefficient (Wildman–Crippen LogP) is 9.00. The van der Waals surface area contributed by atoms with Gasteiger partial charge in [-0.2, -0.15) is 0 Å². The molecule has 4 bridgehead atoms. The monoisotopic (exact) mass is 398 g/mol. The van der Waals surface area contributed by atoms with Crippen LogP contribution < -0.4 is 0 Å². The van der Waals surface area contributed by atoms with E-state index in [0.29, 0.717) is 5.04 Å². The van der Waals surface area contributed by atoms with E-state index >= 15 is 0 Å². The van der Waals surface area contributed by atoms with E-state index in [2.05, 4.69) is 40.8 Å². The molecule has 0 saturated carbocycles. The van der Waals surface area contributed by atoms with Crippen molar-refractivity contribution in [2.45, 2.75) is 157 Å². The van der Waals surface area contributed by atoms with Crippen LogP contribution in [-0.2, 0) is 0 Å². The molecule has 4 fully saturated rings. The van der Waals surface area contributed by atoms with Gasteiger partial charge >= 0.3 is 0 Å². The van der Waals surface area contributed by atoms with Gasteiger partial charge in [0.25, 0.3) is 0 Å². The van der Waals surface area contributed by atoms with Crippen LogP contribution >= 0.6 is 0 Å². The van der Waals surface area contributed by atoms with E-state index < -0.39 is 8.07 Å². The summed E-state index contributed by atoms with van der Waals surface area (Å²) in [7, 11) is -1.38. The quantitative estimate of drug-likeness (QED) is 0.415. The summed E-state index contributed by atoms with van der Waals surface area (Å²) in [4.78, 5) is 0. The first-order chi connectivity index (χ1) is 13.2. The summed E-state index contributed by atoms with van der Waals surface area (Å²) >= 11 is 0. The maximum absolute atomic E-state index is 2.82. The fourth-order valence-corrected chi connectivity index (χ4v) is 13.2. The molecular formula is C25H48B2Si. The number of fused-ring (bicyclic) bond motifs is 4. The van der Waals surface area contributed by atoms with Crippen LogP contribution in [0.4, 0.5) is 0 Å². The van der Waals surface area contributed by atoms with Crippen LogP contribution in [0.3, 0.4) is 0 Å². The highest BCUT2D eigenvalue weighted by atomic mass is 28.3. The van der Waals surface area contributed by atoms with Crippen LogP contribution in [0.1, 0.15) is 105 Å². The molecule has 0 N–H and O–H groups in total. The molecule has 3 heteroatoms. The standard InChI is InChI=1S/C25H48B2Si/c1-19(26-20-11-7-12-21(26)14-8-13-20)24(28(5,6)25(2,3)4)27-22-15-9-16-23(27)18-10-17-22/h19-24H,7-18H2,1-6H3. The van der Waals surface area contributed by atoms with E-state index in [0.717, 1.165) is 48.0 Å². The van der Waals surface area contributed by atoms with Crippen LogP contribution in [-0.4, -0.2) is 21.5 Å². The van der Waals surface area contributed by atoms with E-state index in [4.69, 9.17) is 0 Å². The first-order valence-corrected chi connectivity index (χ1v) is 16.3. The van der Waals surface area contributed by atoms with Gasteiger partial charge in [0.2, 0.25) is 0 Å². The second-order valence-electron chi connectivity index (χ2n) is 13.3. The van der Waals surface area contributed by atoms with Gasteiger partial charge in [-0.1, -0.05) is 152 Å². The molecule has 0 radical (unpaired) electrons. The Morgan fingerprint density at radius 2 is 0.964 bits per heavy atom. The third-order valence-corrected chi connectivity index (χ3v) is 17.6. The normalized spacial score (nSPS) is 36.2. The minimum Gasteiger partial charge on any atom is -0.0705 e. The highest BCUT2D eigenvalue weighted by molar-refractivity contribution is 6.95. The van der Waals surface area contributed by atoms with Crippen molar-refractivity contribution in [3.63, 3.8) is 0 Å². The highest BCUT2D eigenvalue weighted by Crippen LogP contribution is 2.62. The van der Waals surface area contributed by atoms with Crippen molar-refractivity contribution in [1.29, 1.82) is 0 Å². The van der Waals surface area contributed by atoms with E-state index in [1.54, 1.807) is 64.2 Å². The zero-order chi connectivity index (χ0) is 20.1. The molecule has 0 spiro atoms. The van der Waals surface area contributed by atoms with Crippen LogP contribution in [0.15, 0.2) is 0 Å². The van der Waals surface area contributed by atoms with Gasteiger partial charge < -0.3 is 0 Å². The lowest BCUT2D eigenvalue weighted by molar-refractivity contribution is 0.425. The average molecular weight is 398 g/mol. The van der Waals surface area contributed by atoms with Gasteiger partial charge in [0, 0.05) is 8.07 Å². The molecule has 4 saturated heterocycles. The number of hydrogen-bond acceptors (Lipinski definition) is 0. The molecule has 4 rings (SSSR count). The van der Waals surface area contributed by atoms with E-state index in [1.165, 1.54) is 12.8 Å². The van der Waals surface area contributed by atoms with Gasteiger partial charge in [0.15, 0.2) is 0 Å². The zero-order valence-electron chi connectivity index (χ0n) is 20.1. The topological polar surface area (TPSA) is 0 Å². The fourth-order valence-electron chi connectivity index (χ4n) is 9.13. The predicted molar refractivity (Wildman–Crippen MR) is 132 cm³/mol. The van der Waals surface area contributed by atoms with Gasteiger partial charge in [0.1, 0.15) is 13.4 Å². The maximum Gasteiger partial charge on any atom is 0.148 e. The first-order valence-electron chi connectivity index (χ1n) is 13.2. The van der Waals surface area contributed by atoms with Crippen LogP contribution in [0.2, 0.25) is 52.7 Å². The lowest BCUT2D eigenvalue weighted by Gasteiger charge is -2.57. The Labute approximate surface area is 179 Å². The molecule has 158 valence electrons. The summed E-state index contributed by atoms with van der Waals surface area (Å²) in [6, 6.07) is 0. The van der Waals surface area contributed by atoms with Crippen molar-refractivity contribution in [2.24, 2.45) is 0 Å². The zero-order valence-corrected chi connectivity index (χ0v) is 21.1. The summed E-state index contributed by atoms with van der Waals surface area (Å²) in [5.41, 5.74) is 1.06. The van der Waals surface area contributed by atoms with Crippen molar-refractivity contribution in [2.75, 3.05) is 0 Å². The van der Waals surface area contributed by atoms with Gasteiger partial charge in [-0.15, -0.1) is 0 Å². The highest BCUT2D eigenvalue weighted by Gasteiger charge is 2.57. The van der Waals surface area contributed by atoms with Crippen molar-refractivity contribution in [3.8, 4) is 0 Å². The second kappa shape index (κ2) is 8.12. The summed E-state index contributed by atoms with van der Waals surface area (Å²) in [6.07, 6.45) is 18.7. The molecule has 0 aromatic carbocycles. The Bertz CT molecular complexity index is 495. The third kappa shape index (κ3) is 3.73. The van der Waals surface area contributed by atoms with Crippen molar-refractivity contribution >= 4 is 21.5 Å². The van der Waals surface area contributed by atoms with Crippen LogP contribution in [0, 0.1) is 0 Å². The Morgan fingerprint density at radius 3 is 1.29 bits per heavy atom. The number of rotatable bonds is 4. The molecule has 4 aliphatic heterocycles. The minimum atomic E-state index is -1.38. The van der Waals surface area contributed by atoms with Crippen molar-refractivity contribution in [3.05, 3.63) is 0 Å². The molecule has 0 aliphatic carbocycles. The van der Waals surface area contributed by atoms with Crippen LogP contribution in [0.5, 0.6) is 0 Å². The van der Waals surface area contributed by atoms with E-state index in [9.17, 15) is 0 Å². The maximum atomic E-state index is 2.82. The Kier molecular flexibility index (Phi) is 6.26. The lowest BCUT2D eigenvalue weighted by atomic mass is 9.16. The first kappa shape index (κ1) is 21.6. The molecule has 2 unspecified atom stereocenters. The molecule has 0 aromatic rings. The van der Waals surface area contributed by atoms with Crippen molar-refractivity contribution in [1.82, 2.24) is 0 Å². The van der Waals surface area contributed by atoms with E-state index in [1.807, 2.05) is 0 Å². The molecule has 4 heterocycles. The molecule has 28 heavy (non-hydrogen) atoms. The van der Waals surface area contributed by atoms with E-state index in [-0.39, 0.29) is 0 Å². The summed E-state index contributed by atoms with van der Waals surface area (Å²) in [5, 5.41) is 0.529. The van der Waals surface area contributed by atoms with Gasteiger partial charge in [-0.25, -0.2) is 0 Å². The molecule has 0 amide bonds. The molecule has 0 nitrogen and oxygen atoms in total. The summed E-state index contributed by atoms with van der Waals surface area (Å²) < 4.78 is 0. The Hall–Kier alpha value is 0.347. The molecule has 0 aromatic heterocycles.